The molecule has 0 aromatic heterocycles. The third-order valence-electron chi connectivity index (χ3n) is 4.76. The van der Waals surface area contributed by atoms with Gasteiger partial charge >= 0.3 is 11.9 Å². The number of hydrogen-bond acceptors (Lipinski definition) is 6. The van der Waals surface area contributed by atoms with E-state index < -0.39 is 17.0 Å². The quantitative estimate of drug-likeness (QED) is 0.313. The Hall–Kier alpha value is -1.72. The lowest BCUT2D eigenvalue weighted by atomic mass is 9.66. The second-order valence-corrected chi connectivity index (χ2v) is 7.09. The van der Waals surface area contributed by atoms with Gasteiger partial charge in [0.1, 0.15) is 0 Å². The molecule has 0 fully saturated rings. The zero-order valence-corrected chi connectivity index (χ0v) is 17.5. The van der Waals surface area contributed by atoms with Crippen molar-refractivity contribution in [2.45, 2.75) is 98.0 Å². The van der Waals surface area contributed by atoms with Gasteiger partial charge in [0.05, 0.1) is 12.0 Å². The number of Topliss-reactive ketones (excluding diaryl/α,β-unsaturated/α-hetero) is 1. The van der Waals surface area contributed by atoms with Gasteiger partial charge in [-0.15, -0.1) is 0 Å². The van der Waals surface area contributed by atoms with E-state index in [0.29, 0.717) is 25.7 Å². The summed E-state index contributed by atoms with van der Waals surface area (Å²) in [6.07, 6.45) is 5.35. The topological polar surface area (TPSA) is 86.7 Å². The summed E-state index contributed by atoms with van der Waals surface area (Å²) in [6, 6.07) is 0. The number of ether oxygens (including phenoxy) is 2. The molecule has 0 aromatic carbocycles. The monoisotopic (exact) mass is 383 g/mol. The molecule has 1 radical (unpaired) electrons. The van der Waals surface area contributed by atoms with Crippen LogP contribution in [0.4, 0.5) is 0 Å². The predicted octanol–water partition coefficient (Wildman–Crippen LogP) is 4.09. The third-order valence-corrected chi connectivity index (χ3v) is 4.76. The summed E-state index contributed by atoms with van der Waals surface area (Å²) in [4.78, 5) is 48.6. The maximum absolute atomic E-state index is 13.0. The first kappa shape index (κ1) is 25.3. The average Bonchev–Trinajstić information content (AvgIpc) is 2.64. The van der Waals surface area contributed by atoms with E-state index >= 15 is 0 Å². The highest BCUT2D eigenvalue weighted by molar-refractivity contribution is 5.94. The Morgan fingerprint density at radius 2 is 1.52 bits per heavy atom. The molecule has 0 aliphatic heterocycles. The van der Waals surface area contributed by atoms with E-state index in [1.165, 1.54) is 0 Å². The third kappa shape index (κ3) is 7.07. The molecule has 0 saturated carbocycles. The molecular weight excluding hydrogens is 348 g/mol. The van der Waals surface area contributed by atoms with Crippen molar-refractivity contribution in [2.75, 3.05) is 6.61 Å². The first-order chi connectivity index (χ1) is 12.8. The summed E-state index contributed by atoms with van der Waals surface area (Å²) in [5, 5.41) is 0. The minimum absolute atomic E-state index is 0.150. The minimum atomic E-state index is -1.53. The van der Waals surface area contributed by atoms with Crippen molar-refractivity contribution in [3.8, 4) is 0 Å². The van der Waals surface area contributed by atoms with E-state index in [-0.39, 0.29) is 50.5 Å². The van der Waals surface area contributed by atoms with Gasteiger partial charge in [-0.1, -0.05) is 34.1 Å². The predicted molar refractivity (Wildman–Crippen MR) is 103 cm³/mol. The fourth-order valence-electron chi connectivity index (χ4n) is 3.22. The molecule has 27 heavy (non-hydrogen) atoms. The van der Waals surface area contributed by atoms with Gasteiger partial charge in [0.15, 0.2) is 11.4 Å². The standard InChI is InChI=1S/C21H35O6/c1-6-11-17(23)21(13-8-3,27-19(25)12-7-2)20(5,16-22)14-10-15-26-18(24)9-4/h6-15H2,1-5H3. The summed E-state index contributed by atoms with van der Waals surface area (Å²) in [5.74, 6) is -1.04. The van der Waals surface area contributed by atoms with Crippen LogP contribution in [0, 0.1) is 5.41 Å². The Kier molecular flexibility index (Phi) is 11.8. The van der Waals surface area contributed by atoms with Gasteiger partial charge in [0.2, 0.25) is 6.29 Å². The lowest BCUT2D eigenvalue weighted by molar-refractivity contribution is -0.180. The fraction of sp³-hybridized carbons (Fsp3) is 0.810. The molecule has 0 N–H and O–H groups in total. The Labute approximate surface area is 163 Å². The Morgan fingerprint density at radius 3 is 2.00 bits per heavy atom. The minimum Gasteiger partial charge on any atom is -0.466 e. The molecule has 0 spiro atoms. The maximum Gasteiger partial charge on any atom is 0.306 e. The fourth-order valence-corrected chi connectivity index (χ4v) is 3.22. The van der Waals surface area contributed by atoms with E-state index in [0.717, 1.165) is 0 Å². The van der Waals surface area contributed by atoms with Gasteiger partial charge < -0.3 is 9.47 Å². The van der Waals surface area contributed by atoms with Crippen LogP contribution in [0.15, 0.2) is 0 Å². The molecule has 0 saturated heterocycles. The largest absolute Gasteiger partial charge is 0.466 e. The normalized spacial score (nSPS) is 15.3. The number of carbonyl (C=O) groups excluding carboxylic acids is 4. The van der Waals surface area contributed by atoms with Crippen LogP contribution in [-0.2, 0) is 28.7 Å². The molecule has 0 heterocycles. The van der Waals surface area contributed by atoms with Gasteiger partial charge in [0, 0.05) is 19.3 Å². The first-order valence-electron chi connectivity index (χ1n) is 10.1. The van der Waals surface area contributed by atoms with Crippen molar-refractivity contribution in [3.05, 3.63) is 0 Å². The van der Waals surface area contributed by atoms with E-state index in [9.17, 15) is 19.2 Å². The van der Waals surface area contributed by atoms with Crippen LogP contribution in [0.2, 0.25) is 0 Å². The molecule has 2 unspecified atom stereocenters. The van der Waals surface area contributed by atoms with Gasteiger partial charge in [0.25, 0.3) is 0 Å². The number of rotatable bonds is 15. The summed E-state index contributed by atoms with van der Waals surface area (Å²) in [7, 11) is 0. The first-order valence-corrected chi connectivity index (χ1v) is 10.1. The van der Waals surface area contributed by atoms with Gasteiger partial charge in [-0.25, -0.2) is 0 Å². The Balaban J connectivity index is 5.69. The van der Waals surface area contributed by atoms with E-state index in [1.807, 2.05) is 27.1 Å². The molecule has 0 aliphatic carbocycles. The highest BCUT2D eigenvalue weighted by atomic mass is 16.6. The zero-order chi connectivity index (χ0) is 20.9. The number of hydrogen-bond donors (Lipinski definition) is 0. The van der Waals surface area contributed by atoms with Crippen molar-refractivity contribution in [1.29, 1.82) is 0 Å². The second kappa shape index (κ2) is 12.6. The molecule has 0 amide bonds. The summed E-state index contributed by atoms with van der Waals surface area (Å²) < 4.78 is 10.8. The number of carbonyl (C=O) groups is 3. The molecule has 155 valence electrons. The molecule has 2 atom stereocenters. The van der Waals surface area contributed by atoms with Crippen LogP contribution in [0.25, 0.3) is 0 Å². The van der Waals surface area contributed by atoms with Crippen LogP contribution in [0.5, 0.6) is 0 Å². The molecule has 6 nitrogen and oxygen atoms in total. The van der Waals surface area contributed by atoms with Crippen molar-refractivity contribution >= 4 is 24.0 Å². The van der Waals surface area contributed by atoms with Crippen molar-refractivity contribution in [2.24, 2.45) is 5.41 Å². The molecule has 0 aliphatic rings. The highest BCUT2D eigenvalue weighted by Crippen LogP contribution is 2.43. The molecule has 0 bridgehead atoms. The second-order valence-electron chi connectivity index (χ2n) is 7.09. The summed E-state index contributed by atoms with van der Waals surface area (Å²) in [5.41, 5.74) is -2.82. The van der Waals surface area contributed by atoms with Gasteiger partial charge in [-0.3, -0.25) is 19.2 Å². The van der Waals surface area contributed by atoms with Crippen LogP contribution in [0.1, 0.15) is 92.4 Å². The lowest BCUT2D eigenvalue weighted by Crippen LogP contribution is -2.56. The summed E-state index contributed by atoms with van der Waals surface area (Å²) in [6.45, 7) is 9.07. The van der Waals surface area contributed by atoms with Crippen molar-refractivity contribution in [1.82, 2.24) is 0 Å². The van der Waals surface area contributed by atoms with Crippen LogP contribution < -0.4 is 0 Å². The van der Waals surface area contributed by atoms with E-state index in [1.54, 1.807) is 13.8 Å². The molecule has 0 aromatic rings. The maximum atomic E-state index is 13.0. The van der Waals surface area contributed by atoms with E-state index in [4.69, 9.17) is 9.47 Å². The van der Waals surface area contributed by atoms with Gasteiger partial charge in [-0.05, 0) is 39.0 Å². The highest BCUT2D eigenvalue weighted by Gasteiger charge is 2.55. The Bertz CT molecular complexity index is 501. The van der Waals surface area contributed by atoms with Crippen molar-refractivity contribution in [3.63, 3.8) is 0 Å². The molecular formula is C21H35O6. The molecule has 0 rings (SSSR count). The zero-order valence-electron chi connectivity index (χ0n) is 17.5. The lowest BCUT2D eigenvalue weighted by Gasteiger charge is -2.43. The smallest absolute Gasteiger partial charge is 0.306 e. The van der Waals surface area contributed by atoms with Crippen LogP contribution in [0.3, 0.4) is 0 Å². The van der Waals surface area contributed by atoms with Gasteiger partial charge in [-0.2, -0.15) is 0 Å². The van der Waals surface area contributed by atoms with Crippen molar-refractivity contribution < 1.29 is 28.7 Å². The average molecular weight is 384 g/mol. The number of ketones is 1. The molecule has 6 heteroatoms. The Morgan fingerprint density at radius 1 is 0.889 bits per heavy atom. The SMILES string of the molecule is CCCC(=O)OC(CCC)(C(=O)CCC)C(C)([C]=O)CCCOC(=O)CC. The van der Waals surface area contributed by atoms with Crippen LogP contribution >= 0.6 is 0 Å². The number of esters is 2. The van der Waals surface area contributed by atoms with Crippen LogP contribution in [-0.4, -0.2) is 36.2 Å². The van der Waals surface area contributed by atoms with E-state index in [2.05, 4.69) is 0 Å². The summed E-state index contributed by atoms with van der Waals surface area (Å²) >= 11 is 0.